The lowest BCUT2D eigenvalue weighted by molar-refractivity contribution is 0.576. The number of rotatable bonds is 4. The third-order valence-corrected chi connectivity index (χ3v) is 3.53. The van der Waals surface area contributed by atoms with Crippen LogP contribution in [0.1, 0.15) is 23.6 Å². The molecule has 0 aliphatic rings. The zero-order valence-electron chi connectivity index (χ0n) is 9.88. The molecule has 1 atom stereocenters. The average Bonchev–Trinajstić information content (AvgIpc) is 2.23. The van der Waals surface area contributed by atoms with Gasteiger partial charge in [-0.15, -0.1) is 0 Å². The Labute approximate surface area is 101 Å². The maximum atomic E-state index is 13.6. The highest BCUT2D eigenvalue weighted by atomic mass is 32.2. The molecule has 0 amide bonds. The van der Waals surface area contributed by atoms with E-state index in [1.54, 1.807) is 6.07 Å². The zero-order valence-corrected chi connectivity index (χ0v) is 10.7. The number of aryl methyl sites for hydroxylation is 2. The molecule has 1 aromatic rings. The van der Waals surface area contributed by atoms with Gasteiger partial charge in [-0.3, -0.25) is 0 Å². The van der Waals surface area contributed by atoms with Crippen LogP contribution in [0.3, 0.4) is 0 Å². The summed E-state index contributed by atoms with van der Waals surface area (Å²) in [4.78, 5) is 0. The number of thioether (sulfide) groups is 1. The van der Waals surface area contributed by atoms with Crippen molar-refractivity contribution in [3.63, 3.8) is 0 Å². The summed E-state index contributed by atoms with van der Waals surface area (Å²) in [7, 11) is 0. The molecule has 0 radical (unpaired) electrons. The van der Waals surface area contributed by atoms with Crippen molar-refractivity contribution in [2.45, 2.75) is 27.2 Å². The molecule has 1 rings (SSSR count). The molecule has 1 nitrogen and oxygen atoms in total. The Hall–Kier alpha value is -1.01. The van der Waals surface area contributed by atoms with Crippen LogP contribution in [0, 0.1) is 36.2 Å². The normalized spacial score (nSPS) is 12.2. The number of hydrogen-bond donors (Lipinski definition) is 0. The second kappa shape index (κ2) is 5.91. The highest BCUT2D eigenvalue weighted by Gasteiger charge is 2.09. The van der Waals surface area contributed by atoms with Crippen LogP contribution in [0.5, 0.6) is 0 Å². The Morgan fingerprint density at radius 2 is 2.00 bits per heavy atom. The van der Waals surface area contributed by atoms with Crippen molar-refractivity contribution in [1.29, 1.82) is 5.26 Å². The summed E-state index contributed by atoms with van der Waals surface area (Å²) in [5.74, 6) is 0.946. The summed E-state index contributed by atoms with van der Waals surface area (Å²) in [6.07, 6.45) is 0.696. The summed E-state index contributed by atoms with van der Waals surface area (Å²) in [6, 6.07) is 3.51. The third kappa shape index (κ3) is 3.53. The van der Waals surface area contributed by atoms with E-state index in [1.165, 1.54) is 11.8 Å². The first kappa shape index (κ1) is 13.1. The van der Waals surface area contributed by atoms with E-state index >= 15 is 0 Å². The lowest BCUT2D eigenvalue weighted by Crippen LogP contribution is -2.05. The van der Waals surface area contributed by atoms with Crippen LogP contribution in [0.15, 0.2) is 12.1 Å². The fourth-order valence-electron chi connectivity index (χ4n) is 1.61. The van der Waals surface area contributed by atoms with E-state index < -0.39 is 0 Å². The number of hydrogen-bond acceptors (Lipinski definition) is 2. The molecular weight excluding hydrogens is 221 g/mol. The summed E-state index contributed by atoms with van der Waals surface area (Å²) in [5.41, 5.74) is 2.87. The van der Waals surface area contributed by atoms with Gasteiger partial charge in [0.15, 0.2) is 0 Å². The van der Waals surface area contributed by atoms with E-state index in [0.717, 1.165) is 22.4 Å². The fraction of sp³-hybridized carbons (Fsp3) is 0.462. The van der Waals surface area contributed by atoms with Crippen LogP contribution >= 0.6 is 11.8 Å². The molecule has 3 heteroatoms. The van der Waals surface area contributed by atoms with Crippen LogP contribution in [0.25, 0.3) is 0 Å². The number of nitriles is 1. The predicted octanol–water partition coefficient (Wildman–Crippen LogP) is 3.84. The van der Waals surface area contributed by atoms with E-state index in [0.29, 0.717) is 12.3 Å². The third-order valence-electron chi connectivity index (χ3n) is 2.66. The fourth-order valence-corrected chi connectivity index (χ4v) is 2.09. The molecule has 0 spiro atoms. The molecule has 0 bridgehead atoms. The minimum absolute atomic E-state index is 0.128. The average molecular weight is 237 g/mol. The van der Waals surface area contributed by atoms with Crippen molar-refractivity contribution in [3.8, 4) is 5.40 Å². The number of benzene rings is 1. The SMILES string of the molecule is Cc1cc(F)c(CC(C)CSC#N)cc1C. The predicted molar refractivity (Wildman–Crippen MR) is 66.8 cm³/mol. The molecule has 0 aliphatic heterocycles. The van der Waals surface area contributed by atoms with Crippen molar-refractivity contribution >= 4 is 11.8 Å². The molecule has 0 N–H and O–H groups in total. The lowest BCUT2D eigenvalue weighted by Gasteiger charge is -2.11. The molecule has 1 unspecified atom stereocenters. The van der Waals surface area contributed by atoms with Gasteiger partial charge in [0, 0.05) is 5.75 Å². The first-order chi connectivity index (χ1) is 7.54. The Bertz CT molecular complexity index is 409. The second-order valence-corrected chi connectivity index (χ2v) is 5.04. The monoisotopic (exact) mass is 237 g/mol. The topological polar surface area (TPSA) is 23.8 Å². The Morgan fingerprint density at radius 1 is 1.38 bits per heavy atom. The van der Waals surface area contributed by atoms with Crippen LogP contribution < -0.4 is 0 Å². The van der Waals surface area contributed by atoms with E-state index in [1.807, 2.05) is 32.2 Å². The van der Waals surface area contributed by atoms with Gasteiger partial charge in [-0.2, -0.15) is 5.26 Å². The second-order valence-electron chi connectivity index (χ2n) is 4.24. The van der Waals surface area contributed by atoms with Crippen molar-refractivity contribution in [2.24, 2.45) is 5.92 Å². The first-order valence-electron chi connectivity index (χ1n) is 5.31. The molecule has 16 heavy (non-hydrogen) atoms. The molecule has 0 saturated heterocycles. The van der Waals surface area contributed by atoms with Gasteiger partial charge in [0.1, 0.15) is 11.2 Å². The van der Waals surface area contributed by atoms with E-state index in [4.69, 9.17) is 5.26 Å². The lowest BCUT2D eigenvalue weighted by atomic mass is 9.98. The van der Waals surface area contributed by atoms with Crippen LogP contribution in [0.4, 0.5) is 4.39 Å². The quantitative estimate of drug-likeness (QED) is 0.743. The summed E-state index contributed by atoms with van der Waals surface area (Å²) >= 11 is 1.23. The highest BCUT2D eigenvalue weighted by Crippen LogP contribution is 2.19. The maximum absolute atomic E-state index is 13.6. The Balaban J connectivity index is 2.74. The Morgan fingerprint density at radius 3 is 2.62 bits per heavy atom. The van der Waals surface area contributed by atoms with Gasteiger partial charge < -0.3 is 0 Å². The van der Waals surface area contributed by atoms with Crippen LogP contribution in [-0.2, 0) is 6.42 Å². The zero-order chi connectivity index (χ0) is 12.1. The van der Waals surface area contributed by atoms with Gasteiger partial charge >= 0.3 is 0 Å². The molecule has 0 aromatic heterocycles. The van der Waals surface area contributed by atoms with E-state index in [2.05, 4.69) is 0 Å². The van der Waals surface area contributed by atoms with Crippen LogP contribution in [0.2, 0.25) is 0 Å². The summed E-state index contributed by atoms with van der Waals surface area (Å²) in [5, 5.41) is 10.5. The van der Waals surface area contributed by atoms with Gasteiger partial charge in [-0.1, -0.05) is 13.0 Å². The molecule has 0 saturated carbocycles. The maximum Gasteiger partial charge on any atom is 0.133 e. The van der Waals surface area contributed by atoms with Crippen molar-refractivity contribution < 1.29 is 4.39 Å². The van der Waals surface area contributed by atoms with Crippen molar-refractivity contribution in [2.75, 3.05) is 5.75 Å². The largest absolute Gasteiger partial charge is 0.207 e. The van der Waals surface area contributed by atoms with Crippen LogP contribution in [-0.4, -0.2) is 5.75 Å². The minimum atomic E-state index is -0.128. The van der Waals surface area contributed by atoms with Crippen molar-refractivity contribution in [1.82, 2.24) is 0 Å². The smallest absolute Gasteiger partial charge is 0.133 e. The van der Waals surface area contributed by atoms with Gasteiger partial charge in [-0.05, 0) is 60.7 Å². The minimum Gasteiger partial charge on any atom is -0.207 e. The molecular formula is C13H16FNS. The van der Waals surface area contributed by atoms with Gasteiger partial charge in [0.2, 0.25) is 0 Å². The number of halogens is 1. The standard InChI is InChI=1S/C13H16FNS/c1-9(7-16-8-15)4-12-5-10(2)11(3)6-13(12)14/h5-6,9H,4,7H2,1-3H3. The van der Waals surface area contributed by atoms with E-state index in [9.17, 15) is 4.39 Å². The Kier molecular flexibility index (Phi) is 4.82. The van der Waals surface area contributed by atoms with Gasteiger partial charge in [0.25, 0.3) is 0 Å². The molecule has 0 aliphatic carbocycles. The highest BCUT2D eigenvalue weighted by molar-refractivity contribution is 8.03. The summed E-state index contributed by atoms with van der Waals surface area (Å²) in [6.45, 7) is 5.95. The molecule has 1 aromatic carbocycles. The summed E-state index contributed by atoms with van der Waals surface area (Å²) < 4.78 is 13.6. The van der Waals surface area contributed by atoms with Crippen molar-refractivity contribution in [3.05, 3.63) is 34.6 Å². The molecule has 86 valence electrons. The molecule has 0 fully saturated rings. The molecule has 0 heterocycles. The number of thiocyanates is 1. The first-order valence-corrected chi connectivity index (χ1v) is 6.29. The number of nitrogens with zero attached hydrogens (tertiary/aromatic N) is 1. The van der Waals surface area contributed by atoms with E-state index in [-0.39, 0.29) is 5.82 Å². The van der Waals surface area contributed by atoms with Gasteiger partial charge in [-0.25, -0.2) is 4.39 Å². The van der Waals surface area contributed by atoms with Gasteiger partial charge in [0.05, 0.1) is 0 Å².